The van der Waals surface area contributed by atoms with Crippen molar-refractivity contribution in [3.63, 3.8) is 0 Å². The lowest BCUT2D eigenvalue weighted by Crippen LogP contribution is -2.45. The number of anilines is 2. The Morgan fingerprint density at radius 2 is 1.97 bits per heavy atom. The first-order valence-electron chi connectivity index (χ1n) is 10.1. The first-order valence-corrected chi connectivity index (χ1v) is 10.5. The summed E-state index contributed by atoms with van der Waals surface area (Å²) in [6.07, 6.45) is 2.72. The van der Waals surface area contributed by atoms with Gasteiger partial charge in [-0.05, 0) is 92.6 Å². The molecule has 1 unspecified atom stereocenters. The highest BCUT2D eigenvalue weighted by atomic mass is 35.5. The number of benzene rings is 2. The highest BCUT2D eigenvalue weighted by molar-refractivity contribution is 6.31. The number of hydrogen-bond donors (Lipinski definition) is 1. The average Bonchev–Trinajstić information content (AvgIpc) is 2.67. The van der Waals surface area contributed by atoms with E-state index in [1.54, 1.807) is 18.2 Å². The number of nitriles is 1. The Kier molecular flexibility index (Phi) is 5.97. The molecule has 0 aliphatic carbocycles. The molecular weight excluding hydrogens is 394 g/mol. The number of carbonyl (C=O) groups is 1. The van der Waals surface area contributed by atoms with Crippen LogP contribution in [0.2, 0.25) is 5.02 Å². The average molecular weight is 422 g/mol. The van der Waals surface area contributed by atoms with Gasteiger partial charge in [0.2, 0.25) is 0 Å². The van der Waals surface area contributed by atoms with Crippen LogP contribution in [-0.2, 0) is 4.79 Å². The van der Waals surface area contributed by atoms with Crippen LogP contribution in [0.4, 0.5) is 11.4 Å². The van der Waals surface area contributed by atoms with Crippen LogP contribution in [0.15, 0.2) is 35.9 Å². The van der Waals surface area contributed by atoms with Gasteiger partial charge in [0.15, 0.2) is 0 Å². The number of amides is 1. The molecule has 1 aliphatic heterocycles. The fourth-order valence-electron chi connectivity index (χ4n) is 4.11. The first kappa shape index (κ1) is 21.9. The maximum Gasteiger partial charge on any atom is 0.266 e. The summed E-state index contributed by atoms with van der Waals surface area (Å²) < 4.78 is 0. The van der Waals surface area contributed by atoms with Crippen molar-refractivity contribution in [2.24, 2.45) is 0 Å². The molecule has 1 atom stereocenters. The molecule has 1 amide bonds. The van der Waals surface area contributed by atoms with Crippen molar-refractivity contribution in [2.75, 3.05) is 17.3 Å². The molecular formula is C25H28ClN3O. The Bertz CT molecular complexity index is 1080. The zero-order chi connectivity index (χ0) is 22.2. The van der Waals surface area contributed by atoms with Crippen molar-refractivity contribution >= 4 is 35.0 Å². The summed E-state index contributed by atoms with van der Waals surface area (Å²) in [6.45, 7) is 10.6. The van der Waals surface area contributed by atoms with Crippen molar-refractivity contribution in [1.29, 1.82) is 5.26 Å². The monoisotopic (exact) mass is 421 g/mol. The summed E-state index contributed by atoms with van der Waals surface area (Å²) in [7, 11) is 2.13. The molecule has 4 nitrogen and oxygen atoms in total. The minimum Gasteiger partial charge on any atom is -0.369 e. The van der Waals surface area contributed by atoms with Crippen LogP contribution in [0.3, 0.4) is 0 Å². The van der Waals surface area contributed by atoms with Gasteiger partial charge >= 0.3 is 0 Å². The van der Waals surface area contributed by atoms with Crippen LogP contribution in [-0.4, -0.2) is 18.5 Å². The second-order valence-electron chi connectivity index (χ2n) is 8.83. The van der Waals surface area contributed by atoms with Gasteiger partial charge in [-0.15, -0.1) is 0 Å². The number of rotatable bonds is 3. The lowest BCUT2D eigenvalue weighted by atomic mass is 9.79. The summed E-state index contributed by atoms with van der Waals surface area (Å²) in [5.41, 5.74) is 6.02. The van der Waals surface area contributed by atoms with Crippen LogP contribution in [0.25, 0.3) is 6.08 Å². The van der Waals surface area contributed by atoms with E-state index in [-0.39, 0.29) is 11.1 Å². The standard InChI is InChI=1S/C25H28ClN3O/c1-15-7-8-20(26)12-22(15)28-24(30)19(14-27)10-18-11-21-17(3)13-25(4,5)29(6)23(21)9-16(18)2/h7-12,17H,13H2,1-6H3,(H,28,30)/b19-10+. The Hall–Kier alpha value is -2.77. The van der Waals surface area contributed by atoms with Crippen LogP contribution in [0.5, 0.6) is 0 Å². The molecule has 30 heavy (non-hydrogen) atoms. The van der Waals surface area contributed by atoms with E-state index in [0.717, 1.165) is 23.1 Å². The molecule has 156 valence electrons. The molecule has 1 heterocycles. The van der Waals surface area contributed by atoms with Gasteiger partial charge in [0.05, 0.1) is 0 Å². The molecule has 0 saturated carbocycles. The lowest BCUT2D eigenvalue weighted by molar-refractivity contribution is -0.112. The number of carbonyl (C=O) groups excluding carboxylic acids is 1. The molecule has 0 bridgehead atoms. The summed E-state index contributed by atoms with van der Waals surface area (Å²) in [5.74, 6) is -0.0429. The molecule has 0 aromatic heterocycles. The zero-order valence-electron chi connectivity index (χ0n) is 18.4. The van der Waals surface area contributed by atoms with E-state index in [9.17, 15) is 10.1 Å². The second kappa shape index (κ2) is 8.16. The van der Waals surface area contributed by atoms with Gasteiger partial charge in [0, 0.05) is 29.0 Å². The molecule has 2 aromatic carbocycles. The smallest absolute Gasteiger partial charge is 0.266 e. The van der Waals surface area contributed by atoms with Crippen LogP contribution in [0, 0.1) is 25.2 Å². The SMILES string of the molecule is Cc1cc2c(cc1/C=C(\C#N)C(=O)Nc1cc(Cl)ccc1C)C(C)CC(C)(C)N2C. The molecule has 0 fully saturated rings. The van der Waals surface area contributed by atoms with Gasteiger partial charge < -0.3 is 10.2 Å². The van der Waals surface area contributed by atoms with E-state index >= 15 is 0 Å². The van der Waals surface area contributed by atoms with Crippen molar-refractivity contribution in [3.8, 4) is 6.07 Å². The number of nitrogens with zero attached hydrogens (tertiary/aromatic N) is 2. The third kappa shape index (κ3) is 4.22. The minimum absolute atomic E-state index is 0.0644. The van der Waals surface area contributed by atoms with Crippen molar-refractivity contribution in [3.05, 3.63) is 63.2 Å². The Morgan fingerprint density at radius 1 is 1.27 bits per heavy atom. The highest BCUT2D eigenvalue weighted by Crippen LogP contribution is 2.43. The van der Waals surface area contributed by atoms with Crippen molar-refractivity contribution in [1.82, 2.24) is 0 Å². The number of hydrogen-bond acceptors (Lipinski definition) is 3. The van der Waals surface area contributed by atoms with E-state index in [1.807, 2.05) is 19.9 Å². The number of nitrogens with one attached hydrogen (secondary N) is 1. The van der Waals surface area contributed by atoms with Crippen LogP contribution >= 0.6 is 11.6 Å². The van der Waals surface area contributed by atoms with Gasteiger partial charge in [-0.2, -0.15) is 5.26 Å². The van der Waals surface area contributed by atoms with E-state index in [1.165, 1.54) is 11.3 Å². The third-order valence-corrected chi connectivity index (χ3v) is 6.37. The summed E-state index contributed by atoms with van der Waals surface area (Å²) in [5, 5.41) is 13.0. The lowest BCUT2D eigenvalue weighted by Gasteiger charge is -2.45. The van der Waals surface area contributed by atoms with Gasteiger partial charge in [0.1, 0.15) is 11.6 Å². The summed E-state index contributed by atoms with van der Waals surface area (Å²) in [6, 6.07) is 11.6. The number of halogens is 1. The van der Waals surface area contributed by atoms with E-state index in [0.29, 0.717) is 16.6 Å². The van der Waals surface area contributed by atoms with E-state index in [2.05, 4.69) is 56.2 Å². The fraction of sp³-hybridized carbons (Fsp3) is 0.360. The molecule has 2 aromatic rings. The van der Waals surface area contributed by atoms with Crippen molar-refractivity contribution < 1.29 is 4.79 Å². The maximum atomic E-state index is 12.8. The van der Waals surface area contributed by atoms with E-state index in [4.69, 9.17) is 11.6 Å². The highest BCUT2D eigenvalue weighted by Gasteiger charge is 2.34. The summed E-state index contributed by atoms with van der Waals surface area (Å²) in [4.78, 5) is 15.1. The predicted molar refractivity (Wildman–Crippen MR) is 125 cm³/mol. The van der Waals surface area contributed by atoms with Crippen LogP contribution < -0.4 is 10.2 Å². The van der Waals surface area contributed by atoms with Crippen molar-refractivity contribution in [2.45, 2.75) is 52.5 Å². The third-order valence-electron chi connectivity index (χ3n) is 6.13. The fourth-order valence-corrected chi connectivity index (χ4v) is 4.28. The van der Waals surface area contributed by atoms with Crippen LogP contribution in [0.1, 0.15) is 55.4 Å². The topological polar surface area (TPSA) is 56.1 Å². The first-order chi connectivity index (χ1) is 14.0. The Labute approximate surface area is 184 Å². The zero-order valence-corrected chi connectivity index (χ0v) is 19.2. The van der Waals surface area contributed by atoms with Gasteiger partial charge in [-0.25, -0.2) is 0 Å². The molecule has 0 spiro atoms. The second-order valence-corrected chi connectivity index (χ2v) is 9.26. The Morgan fingerprint density at radius 3 is 2.63 bits per heavy atom. The molecule has 1 aliphatic rings. The molecule has 5 heteroatoms. The number of fused-ring (bicyclic) bond motifs is 1. The molecule has 1 N–H and O–H groups in total. The van der Waals surface area contributed by atoms with Gasteiger partial charge in [-0.3, -0.25) is 4.79 Å². The quantitative estimate of drug-likeness (QED) is 0.472. The maximum absolute atomic E-state index is 12.8. The minimum atomic E-state index is -0.439. The largest absolute Gasteiger partial charge is 0.369 e. The van der Waals surface area contributed by atoms with Gasteiger partial charge in [-0.1, -0.05) is 24.6 Å². The predicted octanol–water partition coefficient (Wildman–Crippen LogP) is 6.22. The normalized spacial score (nSPS) is 17.9. The van der Waals surface area contributed by atoms with E-state index < -0.39 is 5.91 Å². The molecule has 0 radical (unpaired) electrons. The molecule has 0 saturated heterocycles. The Balaban J connectivity index is 1.97. The summed E-state index contributed by atoms with van der Waals surface area (Å²) >= 11 is 6.04. The molecule has 3 rings (SSSR count). The van der Waals surface area contributed by atoms with Gasteiger partial charge in [0.25, 0.3) is 5.91 Å². The number of aryl methyl sites for hydroxylation is 2.